The van der Waals surface area contributed by atoms with Crippen molar-refractivity contribution >= 4 is 5.91 Å². The molecule has 2 aliphatic rings. The molecule has 1 aromatic carbocycles. The maximum Gasteiger partial charge on any atom is 0.271 e. The van der Waals surface area contributed by atoms with Gasteiger partial charge in [-0.1, -0.05) is 18.2 Å². The summed E-state index contributed by atoms with van der Waals surface area (Å²) in [6, 6.07) is 7.99. The lowest BCUT2D eigenvalue weighted by atomic mass is 9.93. The second kappa shape index (κ2) is 6.88. The Morgan fingerprint density at radius 3 is 2.80 bits per heavy atom. The molecule has 25 heavy (non-hydrogen) atoms. The SMILES string of the molecule is COc1ccccc1[C@@H]1CNC(=O)c2nc(C3CCOCC3)[nH]c2C1. The number of amides is 1. The number of aromatic amines is 1. The van der Waals surface area contributed by atoms with Gasteiger partial charge in [-0.05, 0) is 30.9 Å². The van der Waals surface area contributed by atoms with Gasteiger partial charge in [-0.3, -0.25) is 4.79 Å². The monoisotopic (exact) mass is 341 g/mol. The Kier molecular flexibility index (Phi) is 4.44. The first-order valence-electron chi connectivity index (χ1n) is 8.84. The van der Waals surface area contributed by atoms with E-state index in [9.17, 15) is 4.79 Å². The molecule has 6 nitrogen and oxygen atoms in total. The number of fused-ring (bicyclic) bond motifs is 1. The highest BCUT2D eigenvalue weighted by Crippen LogP contribution is 2.32. The fourth-order valence-corrected chi connectivity index (χ4v) is 3.77. The second-order valence-corrected chi connectivity index (χ2v) is 6.69. The van der Waals surface area contributed by atoms with E-state index in [1.165, 1.54) is 0 Å². The summed E-state index contributed by atoms with van der Waals surface area (Å²) in [6.07, 6.45) is 2.64. The molecule has 0 saturated carbocycles. The third-order valence-electron chi connectivity index (χ3n) is 5.16. The van der Waals surface area contributed by atoms with Crippen molar-refractivity contribution in [2.45, 2.75) is 31.1 Å². The maximum absolute atomic E-state index is 12.5. The van der Waals surface area contributed by atoms with Crippen molar-refractivity contribution in [2.24, 2.45) is 0 Å². The van der Waals surface area contributed by atoms with Gasteiger partial charge in [-0.2, -0.15) is 0 Å². The number of ether oxygens (including phenoxy) is 2. The van der Waals surface area contributed by atoms with E-state index in [1.54, 1.807) is 7.11 Å². The summed E-state index contributed by atoms with van der Waals surface area (Å²) >= 11 is 0. The highest BCUT2D eigenvalue weighted by Gasteiger charge is 2.29. The number of hydrogen-bond acceptors (Lipinski definition) is 4. The molecule has 6 heteroatoms. The van der Waals surface area contributed by atoms with Gasteiger partial charge in [-0.15, -0.1) is 0 Å². The zero-order valence-corrected chi connectivity index (χ0v) is 14.4. The lowest BCUT2D eigenvalue weighted by Crippen LogP contribution is -2.27. The number of H-pyrrole nitrogens is 1. The van der Waals surface area contributed by atoms with Crippen LogP contribution in [0.1, 0.15) is 52.2 Å². The lowest BCUT2D eigenvalue weighted by molar-refractivity contribution is 0.0836. The zero-order valence-electron chi connectivity index (χ0n) is 14.4. The van der Waals surface area contributed by atoms with Crippen LogP contribution in [0.25, 0.3) is 0 Å². The third kappa shape index (κ3) is 3.14. The van der Waals surface area contributed by atoms with Crippen molar-refractivity contribution in [3.8, 4) is 5.75 Å². The van der Waals surface area contributed by atoms with Crippen molar-refractivity contribution in [2.75, 3.05) is 26.9 Å². The van der Waals surface area contributed by atoms with Crippen molar-refractivity contribution in [1.29, 1.82) is 0 Å². The molecule has 2 aromatic rings. The minimum atomic E-state index is -0.0954. The van der Waals surface area contributed by atoms with E-state index in [1.807, 2.05) is 18.2 Å². The number of benzene rings is 1. The lowest BCUT2D eigenvalue weighted by Gasteiger charge is -2.20. The second-order valence-electron chi connectivity index (χ2n) is 6.69. The highest BCUT2D eigenvalue weighted by molar-refractivity contribution is 5.94. The molecule has 0 aliphatic carbocycles. The van der Waals surface area contributed by atoms with Crippen LogP contribution >= 0.6 is 0 Å². The van der Waals surface area contributed by atoms with E-state index in [-0.39, 0.29) is 11.8 Å². The van der Waals surface area contributed by atoms with Crippen LogP contribution in [0.15, 0.2) is 24.3 Å². The highest BCUT2D eigenvalue weighted by atomic mass is 16.5. The average Bonchev–Trinajstić information content (AvgIpc) is 3.03. The molecule has 0 radical (unpaired) electrons. The number of rotatable bonds is 3. The van der Waals surface area contributed by atoms with Crippen molar-refractivity contribution in [3.05, 3.63) is 47.0 Å². The van der Waals surface area contributed by atoms with E-state index in [2.05, 4.69) is 21.4 Å². The van der Waals surface area contributed by atoms with Crippen LogP contribution < -0.4 is 10.1 Å². The number of aromatic nitrogens is 2. The predicted octanol–water partition coefficient (Wildman–Crippen LogP) is 2.38. The van der Waals surface area contributed by atoms with Gasteiger partial charge in [0.25, 0.3) is 5.91 Å². The molecule has 0 spiro atoms. The Labute approximate surface area is 146 Å². The third-order valence-corrected chi connectivity index (χ3v) is 5.16. The van der Waals surface area contributed by atoms with Gasteiger partial charge >= 0.3 is 0 Å². The predicted molar refractivity (Wildman–Crippen MR) is 93.2 cm³/mol. The van der Waals surface area contributed by atoms with Gasteiger partial charge in [-0.25, -0.2) is 4.98 Å². The Hall–Kier alpha value is -2.34. The molecule has 4 rings (SSSR count). The van der Waals surface area contributed by atoms with Crippen LogP contribution in [0.3, 0.4) is 0 Å². The largest absolute Gasteiger partial charge is 0.496 e. The van der Waals surface area contributed by atoms with Crippen LogP contribution in [-0.2, 0) is 11.2 Å². The summed E-state index contributed by atoms with van der Waals surface area (Å²) < 4.78 is 10.9. The van der Waals surface area contributed by atoms with Gasteiger partial charge in [0.2, 0.25) is 0 Å². The van der Waals surface area contributed by atoms with Crippen LogP contribution in [0, 0.1) is 0 Å². The first-order chi connectivity index (χ1) is 12.3. The molecule has 1 atom stereocenters. The van der Waals surface area contributed by atoms with Gasteiger partial charge in [0.15, 0.2) is 0 Å². The smallest absolute Gasteiger partial charge is 0.271 e. The Morgan fingerprint density at radius 1 is 1.20 bits per heavy atom. The first kappa shape index (κ1) is 16.1. The summed E-state index contributed by atoms with van der Waals surface area (Å²) in [5.41, 5.74) is 2.58. The van der Waals surface area contributed by atoms with Gasteiger partial charge in [0.05, 0.1) is 7.11 Å². The molecular formula is C19H23N3O3. The first-order valence-corrected chi connectivity index (χ1v) is 8.84. The van der Waals surface area contributed by atoms with Gasteiger partial charge in [0.1, 0.15) is 17.3 Å². The van der Waals surface area contributed by atoms with E-state index >= 15 is 0 Å². The summed E-state index contributed by atoms with van der Waals surface area (Å²) in [7, 11) is 1.68. The number of nitrogens with one attached hydrogen (secondary N) is 2. The minimum Gasteiger partial charge on any atom is -0.496 e. The Morgan fingerprint density at radius 2 is 2.00 bits per heavy atom. The molecule has 2 aliphatic heterocycles. The Bertz CT molecular complexity index is 765. The molecule has 1 aromatic heterocycles. The minimum absolute atomic E-state index is 0.0954. The number of carbonyl (C=O) groups excluding carboxylic acids is 1. The van der Waals surface area contributed by atoms with E-state index in [0.29, 0.717) is 18.2 Å². The maximum atomic E-state index is 12.5. The standard InChI is InChI=1S/C19H23N3O3/c1-24-16-5-3-2-4-14(16)13-10-15-17(19(23)20-11-13)22-18(21-15)12-6-8-25-9-7-12/h2-5,12-13H,6-11H2,1H3,(H,20,23)(H,21,22)/t13-/m0/s1. The molecule has 1 fully saturated rings. The molecule has 0 unspecified atom stereocenters. The quantitative estimate of drug-likeness (QED) is 0.899. The molecule has 1 amide bonds. The average molecular weight is 341 g/mol. The van der Waals surface area contributed by atoms with Crippen LogP contribution in [0.2, 0.25) is 0 Å². The summed E-state index contributed by atoms with van der Waals surface area (Å²) in [5, 5.41) is 3.02. The summed E-state index contributed by atoms with van der Waals surface area (Å²) in [4.78, 5) is 20.6. The molecule has 132 valence electrons. The molecular weight excluding hydrogens is 318 g/mol. The van der Waals surface area contributed by atoms with Crippen molar-refractivity contribution in [3.63, 3.8) is 0 Å². The van der Waals surface area contributed by atoms with E-state index in [0.717, 1.165) is 55.3 Å². The van der Waals surface area contributed by atoms with Crippen LogP contribution in [0.4, 0.5) is 0 Å². The normalized spacial score (nSPS) is 21.3. The number of hydrogen-bond donors (Lipinski definition) is 2. The number of methoxy groups -OCH3 is 1. The molecule has 3 heterocycles. The van der Waals surface area contributed by atoms with Crippen LogP contribution in [0.5, 0.6) is 5.75 Å². The van der Waals surface area contributed by atoms with Gasteiger partial charge < -0.3 is 19.8 Å². The van der Waals surface area contributed by atoms with Crippen molar-refractivity contribution < 1.29 is 14.3 Å². The molecule has 1 saturated heterocycles. The van der Waals surface area contributed by atoms with Crippen LogP contribution in [-0.4, -0.2) is 42.7 Å². The Balaban J connectivity index is 1.64. The number of carbonyl (C=O) groups is 1. The fourth-order valence-electron chi connectivity index (χ4n) is 3.77. The van der Waals surface area contributed by atoms with E-state index in [4.69, 9.17) is 9.47 Å². The number of nitrogens with zero attached hydrogens (tertiary/aromatic N) is 1. The summed E-state index contributed by atoms with van der Waals surface area (Å²) in [5.74, 6) is 2.18. The summed E-state index contributed by atoms with van der Waals surface area (Å²) in [6.45, 7) is 2.09. The topological polar surface area (TPSA) is 76.2 Å². The fraction of sp³-hybridized carbons (Fsp3) is 0.474. The van der Waals surface area contributed by atoms with E-state index < -0.39 is 0 Å². The molecule has 2 N–H and O–H groups in total. The van der Waals surface area contributed by atoms with Gasteiger partial charge in [0, 0.05) is 37.3 Å². The number of para-hydroxylation sites is 1. The number of imidazole rings is 1. The molecule has 0 bridgehead atoms. The van der Waals surface area contributed by atoms with Crippen molar-refractivity contribution in [1.82, 2.24) is 15.3 Å². The zero-order chi connectivity index (χ0) is 17.2.